The number of ether oxygens (including phenoxy) is 1. The lowest BCUT2D eigenvalue weighted by molar-refractivity contribution is -0.118. The van der Waals surface area contributed by atoms with E-state index in [1.54, 1.807) is 31.2 Å². The maximum absolute atomic E-state index is 12.3. The van der Waals surface area contributed by atoms with Gasteiger partial charge in [-0.15, -0.1) is 0 Å². The van der Waals surface area contributed by atoms with E-state index in [9.17, 15) is 9.59 Å². The summed E-state index contributed by atoms with van der Waals surface area (Å²) < 4.78 is 4.94. The molecule has 22 heavy (non-hydrogen) atoms. The second-order valence-electron chi connectivity index (χ2n) is 6.16. The molecule has 1 heterocycles. The highest BCUT2D eigenvalue weighted by molar-refractivity contribution is 5.96. The number of rotatable bonds is 4. The summed E-state index contributed by atoms with van der Waals surface area (Å²) in [6.45, 7) is 4.16. The van der Waals surface area contributed by atoms with Crippen molar-refractivity contribution in [2.75, 3.05) is 25.0 Å². The zero-order valence-corrected chi connectivity index (χ0v) is 12.9. The van der Waals surface area contributed by atoms with E-state index in [0.717, 1.165) is 38.0 Å². The third-order valence-corrected chi connectivity index (χ3v) is 4.77. The first kappa shape index (κ1) is 15.0. The molecule has 1 spiro atoms. The van der Waals surface area contributed by atoms with Crippen LogP contribution < -0.4 is 10.6 Å². The maximum atomic E-state index is 12.3. The Kier molecular flexibility index (Phi) is 4.16. The molecule has 1 saturated carbocycles. The largest absolute Gasteiger partial charge is 0.462 e. The molecule has 1 aliphatic carbocycles. The molecule has 2 aliphatic rings. The van der Waals surface area contributed by atoms with Gasteiger partial charge in [-0.05, 0) is 69.0 Å². The number of hydrogen-bond acceptors (Lipinski definition) is 4. The molecule has 1 amide bonds. The Morgan fingerprint density at radius 3 is 2.59 bits per heavy atom. The van der Waals surface area contributed by atoms with Crippen molar-refractivity contribution in [2.24, 2.45) is 11.3 Å². The minimum absolute atomic E-state index is 0.103. The molecular formula is C17H22N2O3. The van der Waals surface area contributed by atoms with Crippen molar-refractivity contribution in [1.82, 2.24) is 5.32 Å². The number of piperidine rings is 1. The zero-order chi connectivity index (χ0) is 15.6. The molecule has 2 fully saturated rings. The molecule has 3 rings (SSSR count). The van der Waals surface area contributed by atoms with E-state index in [-0.39, 0.29) is 23.2 Å². The first-order valence-electron chi connectivity index (χ1n) is 7.93. The molecule has 1 aliphatic heterocycles. The van der Waals surface area contributed by atoms with Crippen LogP contribution in [0.5, 0.6) is 0 Å². The zero-order valence-electron chi connectivity index (χ0n) is 12.9. The molecule has 5 heteroatoms. The van der Waals surface area contributed by atoms with E-state index in [2.05, 4.69) is 10.6 Å². The molecule has 1 atom stereocenters. The minimum atomic E-state index is -0.337. The molecule has 0 radical (unpaired) electrons. The van der Waals surface area contributed by atoms with Gasteiger partial charge in [-0.2, -0.15) is 0 Å². The highest BCUT2D eigenvalue weighted by Crippen LogP contribution is 2.58. The lowest BCUT2D eigenvalue weighted by atomic mass is 9.92. The van der Waals surface area contributed by atoms with Crippen molar-refractivity contribution in [3.05, 3.63) is 29.8 Å². The van der Waals surface area contributed by atoms with E-state index in [0.29, 0.717) is 12.2 Å². The van der Waals surface area contributed by atoms with Crippen LogP contribution in [0.2, 0.25) is 0 Å². The van der Waals surface area contributed by atoms with Gasteiger partial charge >= 0.3 is 5.97 Å². The quantitative estimate of drug-likeness (QED) is 0.837. The number of benzene rings is 1. The summed E-state index contributed by atoms with van der Waals surface area (Å²) in [5, 5.41) is 6.30. The van der Waals surface area contributed by atoms with Crippen LogP contribution in [0.1, 0.15) is 36.5 Å². The van der Waals surface area contributed by atoms with Crippen molar-refractivity contribution >= 4 is 17.6 Å². The first-order valence-corrected chi connectivity index (χ1v) is 7.93. The number of carbonyl (C=O) groups excluding carboxylic acids is 2. The molecular weight excluding hydrogens is 280 g/mol. The van der Waals surface area contributed by atoms with Gasteiger partial charge in [-0.25, -0.2) is 4.79 Å². The SMILES string of the molecule is CCOC(=O)c1ccc(NC(=O)C2CC23CCNCC3)cc1. The van der Waals surface area contributed by atoms with Gasteiger partial charge < -0.3 is 15.4 Å². The lowest BCUT2D eigenvalue weighted by Gasteiger charge is -2.23. The average molecular weight is 302 g/mol. The highest BCUT2D eigenvalue weighted by atomic mass is 16.5. The van der Waals surface area contributed by atoms with E-state index in [1.165, 1.54) is 0 Å². The summed E-state index contributed by atoms with van der Waals surface area (Å²) in [7, 11) is 0. The number of hydrogen-bond donors (Lipinski definition) is 2. The van der Waals surface area contributed by atoms with Crippen LogP contribution in [-0.2, 0) is 9.53 Å². The van der Waals surface area contributed by atoms with Crippen molar-refractivity contribution in [2.45, 2.75) is 26.2 Å². The Morgan fingerprint density at radius 2 is 1.95 bits per heavy atom. The number of nitrogens with one attached hydrogen (secondary N) is 2. The summed E-state index contributed by atoms with van der Waals surface area (Å²) in [6, 6.07) is 6.87. The molecule has 0 bridgehead atoms. The van der Waals surface area contributed by atoms with Crippen LogP contribution in [0.4, 0.5) is 5.69 Å². The van der Waals surface area contributed by atoms with Crippen molar-refractivity contribution in [3.63, 3.8) is 0 Å². The minimum Gasteiger partial charge on any atom is -0.462 e. The highest BCUT2D eigenvalue weighted by Gasteiger charge is 2.57. The topological polar surface area (TPSA) is 67.4 Å². The Labute approximate surface area is 130 Å². The Morgan fingerprint density at radius 1 is 1.27 bits per heavy atom. The van der Waals surface area contributed by atoms with Gasteiger partial charge in [-0.1, -0.05) is 0 Å². The molecule has 2 N–H and O–H groups in total. The molecule has 5 nitrogen and oxygen atoms in total. The van der Waals surface area contributed by atoms with Crippen LogP contribution in [0.15, 0.2) is 24.3 Å². The molecule has 118 valence electrons. The van der Waals surface area contributed by atoms with Crippen molar-refractivity contribution in [3.8, 4) is 0 Å². The van der Waals surface area contributed by atoms with Gasteiger partial charge in [0.25, 0.3) is 0 Å². The van der Waals surface area contributed by atoms with Crippen LogP contribution in [0.25, 0.3) is 0 Å². The standard InChI is InChI=1S/C17H22N2O3/c1-2-22-16(21)12-3-5-13(6-4-12)19-15(20)14-11-17(14)7-9-18-10-8-17/h3-6,14,18H,2,7-11H2,1H3,(H,19,20). The van der Waals surface area contributed by atoms with Gasteiger partial charge in [0.05, 0.1) is 12.2 Å². The fraction of sp³-hybridized carbons (Fsp3) is 0.529. The summed E-state index contributed by atoms with van der Waals surface area (Å²) in [5.41, 5.74) is 1.47. The van der Waals surface area contributed by atoms with Gasteiger partial charge in [0.1, 0.15) is 0 Å². The van der Waals surface area contributed by atoms with Gasteiger partial charge in [0.15, 0.2) is 0 Å². The van der Waals surface area contributed by atoms with Crippen LogP contribution in [0.3, 0.4) is 0 Å². The predicted molar refractivity (Wildman–Crippen MR) is 83.7 cm³/mol. The Hall–Kier alpha value is -1.88. The van der Waals surface area contributed by atoms with E-state index >= 15 is 0 Å². The van der Waals surface area contributed by atoms with Gasteiger partial charge in [0, 0.05) is 11.6 Å². The smallest absolute Gasteiger partial charge is 0.338 e. The molecule has 1 aromatic carbocycles. The fourth-order valence-corrected chi connectivity index (χ4v) is 3.33. The molecule has 0 aromatic heterocycles. The summed E-state index contributed by atoms with van der Waals surface area (Å²) >= 11 is 0. The third kappa shape index (κ3) is 2.99. The van der Waals surface area contributed by atoms with Crippen LogP contribution >= 0.6 is 0 Å². The normalized spacial score (nSPS) is 22.1. The molecule has 1 aromatic rings. The van der Waals surface area contributed by atoms with Gasteiger partial charge in [0.2, 0.25) is 5.91 Å². The van der Waals surface area contributed by atoms with Gasteiger partial charge in [-0.3, -0.25) is 4.79 Å². The summed E-state index contributed by atoms with van der Waals surface area (Å²) in [4.78, 5) is 23.9. The number of esters is 1. The Balaban J connectivity index is 1.57. The summed E-state index contributed by atoms with van der Waals surface area (Å²) in [5.74, 6) is -0.0960. The number of carbonyl (C=O) groups is 2. The predicted octanol–water partition coefficient (Wildman–Crippen LogP) is 2.19. The van der Waals surface area contributed by atoms with Crippen molar-refractivity contribution < 1.29 is 14.3 Å². The monoisotopic (exact) mass is 302 g/mol. The van der Waals surface area contributed by atoms with E-state index in [4.69, 9.17) is 4.74 Å². The van der Waals surface area contributed by atoms with E-state index < -0.39 is 0 Å². The lowest BCUT2D eigenvalue weighted by Crippen LogP contribution is -2.31. The summed E-state index contributed by atoms with van der Waals surface area (Å²) in [6.07, 6.45) is 3.18. The molecule has 1 saturated heterocycles. The number of anilines is 1. The van der Waals surface area contributed by atoms with E-state index in [1.807, 2.05) is 0 Å². The second kappa shape index (κ2) is 6.08. The maximum Gasteiger partial charge on any atom is 0.338 e. The second-order valence-corrected chi connectivity index (χ2v) is 6.16. The van der Waals surface area contributed by atoms with Crippen molar-refractivity contribution in [1.29, 1.82) is 0 Å². The average Bonchev–Trinajstić information content (AvgIpc) is 3.22. The third-order valence-electron chi connectivity index (χ3n) is 4.77. The first-order chi connectivity index (χ1) is 10.6. The molecule has 1 unspecified atom stereocenters. The number of amides is 1. The van der Waals surface area contributed by atoms with Crippen LogP contribution in [-0.4, -0.2) is 31.6 Å². The fourth-order valence-electron chi connectivity index (χ4n) is 3.33. The Bertz CT molecular complexity index is 562. The van der Waals surface area contributed by atoms with Crippen LogP contribution in [0, 0.1) is 11.3 Å².